The number of para-hydroxylation sites is 2. The number of hydrogen-bond donors (Lipinski definition) is 4. The Hall–Kier alpha value is -3.30. The monoisotopic (exact) mass is 615 g/mol. The third-order valence-corrected chi connectivity index (χ3v) is 6.44. The number of allylic oxidation sites excluding steroid dienone is 1. The van der Waals surface area contributed by atoms with E-state index in [-0.39, 0.29) is 17.6 Å². The van der Waals surface area contributed by atoms with Gasteiger partial charge in [-0.2, -0.15) is 0 Å². The highest BCUT2D eigenvalue weighted by Crippen LogP contribution is 2.36. The molecular formula is C27H27Br2N3O4. The molecule has 0 heterocycles. The number of amides is 2. The van der Waals surface area contributed by atoms with E-state index in [9.17, 15) is 14.7 Å². The second-order valence-corrected chi connectivity index (χ2v) is 10.0. The fourth-order valence-electron chi connectivity index (χ4n) is 3.52. The third-order valence-electron chi connectivity index (χ3n) is 5.41. The summed E-state index contributed by atoms with van der Waals surface area (Å²) in [6, 6.07) is 19.1. The molecule has 36 heavy (non-hydrogen) atoms. The average molecular weight is 617 g/mol. The van der Waals surface area contributed by atoms with Crippen LogP contribution in [0.5, 0.6) is 5.75 Å². The molecule has 0 fully saturated rings. The van der Waals surface area contributed by atoms with Crippen LogP contribution in [0.25, 0.3) is 0 Å². The molecule has 5 N–H and O–H groups in total. The fraction of sp³-hybridized carbons (Fsp3) is 0.185. The first-order valence-electron chi connectivity index (χ1n) is 11.3. The van der Waals surface area contributed by atoms with Crippen molar-refractivity contribution in [3.63, 3.8) is 0 Å². The second-order valence-electron chi connectivity index (χ2n) is 8.19. The number of ether oxygens (including phenoxy) is 1. The number of aromatic hydroxyl groups is 1. The molecule has 0 bridgehead atoms. The summed E-state index contributed by atoms with van der Waals surface area (Å²) in [7, 11) is 0. The standard InChI is InChI=1S/C27H27Br2N3O4/c1-17(6-2-5-9-25(34)32-23-8-4-3-7-22(23)30)26(21-16-19(29)12-15-24(21)33)36-27(35)31-20-13-10-18(28)11-14-20/h3-5,7-17,26,33H,2,6,30H2,1H3,(H,31,35)(H,32,34)/b9-5+/t17-,26+/m0/s1. The van der Waals surface area contributed by atoms with Crippen LogP contribution in [-0.4, -0.2) is 17.1 Å². The number of carbonyl (C=O) groups excluding carboxylic acids is 2. The minimum Gasteiger partial charge on any atom is -0.508 e. The van der Waals surface area contributed by atoms with E-state index < -0.39 is 12.2 Å². The topological polar surface area (TPSA) is 114 Å². The van der Waals surface area contributed by atoms with Crippen LogP contribution in [0.15, 0.2) is 87.8 Å². The number of nitrogens with one attached hydrogen (secondary N) is 2. The quantitative estimate of drug-likeness (QED) is 0.148. The molecule has 0 aliphatic carbocycles. The minimum absolute atomic E-state index is 0.0295. The molecule has 0 aliphatic heterocycles. The molecule has 0 saturated heterocycles. The van der Waals surface area contributed by atoms with Gasteiger partial charge in [-0.3, -0.25) is 10.1 Å². The number of halogens is 2. The summed E-state index contributed by atoms with van der Waals surface area (Å²) < 4.78 is 7.42. The molecule has 2 atom stereocenters. The number of hydrogen-bond acceptors (Lipinski definition) is 5. The van der Waals surface area contributed by atoms with E-state index in [0.717, 1.165) is 8.95 Å². The largest absolute Gasteiger partial charge is 0.508 e. The van der Waals surface area contributed by atoms with E-state index in [1.54, 1.807) is 60.7 Å². The molecule has 0 saturated carbocycles. The number of anilines is 3. The third kappa shape index (κ3) is 8.13. The zero-order chi connectivity index (χ0) is 26.1. The maximum absolute atomic E-state index is 12.7. The predicted octanol–water partition coefficient (Wildman–Crippen LogP) is 7.40. The molecule has 2 amide bonds. The van der Waals surface area contributed by atoms with Gasteiger partial charge in [-0.15, -0.1) is 0 Å². The SMILES string of the molecule is C[C@@H](CC/C=C/C(=O)Nc1ccccc1N)[C@@H](OC(=O)Nc1ccc(Br)cc1)c1cc(Br)ccc1O. The van der Waals surface area contributed by atoms with Crippen LogP contribution in [0.1, 0.15) is 31.4 Å². The van der Waals surface area contributed by atoms with Gasteiger partial charge in [-0.1, -0.05) is 57.0 Å². The van der Waals surface area contributed by atoms with Gasteiger partial charge in [-0.25, -0.2) is 4.79 Å². The number of nitrogens with two attached hydrogens (primary N) is 1. The number of phenols is 1. The summed E-state index contributed by atoms with van der Waals surface area (Å²) in [5, 5.41) is 15.9. The van der Waals surface area contributed by atoms with Gasteiger partial charge in [0.25, 0.3) is 0 Å². The Kier molecular flexibility index (Phi) is 9.95. The number of nitrogen functional groups attached to an aromatic ring is 1. The fourth-order valence-corrected chi connectivity index (χ4v) is 4.16. The molecule has 0 aromatic heterocycles. The zero-order valence-electron chi connectivity index (χ0n) is 19.6. The van der Waals surface area contributed by atoms with E-state index in [2.05, 4.69) is 42.5 Å². The molecule has 0 spiro atoms. The summed E-state index contributed by atoms with van der Waals surface area (Å²) in [5.74, 6) is -0.424. The Labute approximate surface area is 227 Å². The summed E-state index contributed by atoms with van der Waals surface area (Å²) >= 11 is 6.78. The van der Waals surface area contributed by atoms with Crippen LogP contribution in [0.3, 0.4) is 0 Å². The van der Waals surface area contributed by atoms with Crippen LogP contribution in [0.2, 0.25) is 0 Å². The Bertz CT molecular complexity index is 1230. The summed E-state index contributed by atoms with van der Waals surface area (Å²) in [6.07, 6.45) is 3.01. The van der Waals surface area contributed by atoms with Gasteiger partial charge in [-0.05, 0) is 79.4 Å². The summed E-state index contributed by atoms with van der Waals surface area (Å²) in [6.45, 7) is 1.93. The molecule has 0 aliphatic rings. The minimum atomic E-state index is -0.718. The molecule has 188 valence electrons. The van der Waals surface area contributed by atoms with Gasteiger partial charge in [0.2, 0.25) is 5.91 Å². The van der Waals surface area contributed by atoms with Gasteiger partial charge >= 0.3 is 6.09 Å². The normalized spacial score (nSPS) is 12.6. The van der Waals surface area contributed by atoms with E-state index in [1.807, 2.05) is 19.1 Å². The lowest BCUT2D eigenvalue weighted by Gasteiger charge is -2.25. The van der Waals surface area contributed by atoms with Crippen molar-refractivity contribution < 1.29 is 19.4 Å². The molecule has 9 heteroatoms. The Morgan fingerprint density at radius 3 is 2.44 bits per heavy atom. The number of rotatable bonds is 9. The zero-order valence-corrected chi connectivity index (χ0v) is 22.8. The summed E-state index contributed by atoms with van der Waals surface area (Å²) in [5.41, 5.74) is 7.97. The summed E-state index contributed by atoms with van der Waals surface area (Å²) in [4.78, 5) is 24.9. The first-order chi connectivity index (χ1) is 17.2. The number of phenolic OH excluding ortho intramolecular Hbond substituents is 1. The molecule has 0 radical (unpaired) electrons. The van der Waals surface area contributed by atoms with Crippen molar-refractivity contribution in [2.24, 2.45) is 5.92 Å². The molecular weight excluding hydrogens is 590 g/mol. The van der Waals surface area contributed by atoms with Crippen LogP contribution >= 0.6 is 31.9 Å². The first kappa shape index (κ1) is 27.3. The van der Waals surface area contributed by atoms with Crippen LogP contribution in [-0.2, 0) is 9.53 Å². The van der Waals surface area contributed by atoms with Crippen molar-refractivity contribution in [3.05, 3.63) is 93.4 Å². The number of benzene rings is 3. The van der Waals surface area contributed by atoms with Gasteiger partial charge in [0, 0.05) is 20.2 Å². The maximum Gasteiger partial charge on any atom is 0.412 e. The maximum atomic E-state index is 12.7. The Balaban J connectivity index is 1.65. The molecule has 3 aromatic carbocycles. The molecule has 7 nitrogen and oxygen atoms in total. The highest BCUT2D eigenvalue weighted by Gasteiger charge is 2.26. The van der Waals surface area contributed by atoms with Crippen LogP contribution < -0.4 is 16.4 Å². The van der Waals surface area contributed by atoms with E-state index >= 15 is 0 Å². The van der Waals surface area contributed by atoms with Gasteiger partial charge < -0.3 is 20.9 Å². The highest BCUT2D eigenvalue weighted by molar-refractivity contribution is 9.10. The van der Waals surface area contributed by atoms with Crippen molar-refractivity contribution in [2.45, 2.75) is 25.9 Å². The number of carbonyl (C=O) groups is 2. The van der Waals surface area contributed by atoms with Crippen molar-refractivity contribution in [1.29, 1.82) is 0 Å². The Morgan fingerprint density at radius 1 is 1.03 bits per heavy atom. The molecule has 0 unspecified atom stereocenters. The van der Waals surface area contributed by atoms with E-state index in [4.69, 9.17) is 10.5 Å². The lowest BCUT2D eigenvalue weighted by molar-refractivity contribution is -0.111. The van der Waals surface area contributed by atoms with Gasteiger partial charge in [0.1, 0.15) is 11.9 Å². The van der Waals surface area contributed by atoms with Gasteiger partial charge in [0.05, 0.1) is 11.4 Å². The highest BCUT2D eigenvalue weighted by atomic mass is 79.9. The van der Waals surface area contributed by atoms with Crippen molar-refractivity contribution in [2.75, 3.05) is 16.4 Å². The average Bonchev–Trinajstić information content (AvgIpc) is 2.85. The molecule has 3 aromatic rings. The first-order valence-corrected chi connectivity index (χ1v) is 12.8. The lowest BCUT2D eigenvalue weighted by atomic mass is 9.92. The Morgan fingerprint density at radius 2 is 1.72 bits per heavy atom. The van der Waals surface area contributed by atoms with E-state index in [1.165, 1.54) is 6.08 Å². The van der Waals surface area contributed by atoms with Crippen LogP contribution in [0.4, 0.5) is 21.9 Å². The van der Waals surface area contributed by atoms with E-state index in [0.29, 0.717) is 35.5 Å². The second kappa shape index (κ2) is 13.1. The van der Waals surface area contributed by atoms with Crippen molar-refractivity contribution >= 4 is 60.9 Å². The van der Waals surface area contributed by atoms with Crippen molar-refractivity contribution in [3.8, 4) is 5.75 Å². The van der Waals surface area contributed by atoms with Crippen molar-refractivity contribution in [1.82, 2.24) is 0 Å². The smallest absolute Gasteiger partial charge is 0.412 e. The van der Waals surface area contributed by atoms with Gasteiger partial charge in [0.15, 0.2) is 0 Å². The predicted molar refractivity (Wildman–Crippen MR) is 150 cm³/mol. The molecule has 3 rings (SSSR count). The lowest BCUT2D eigenvalue weighted by Crippen LogP contribution is -2.22. The van der Waals surface area contributed by atoms with Crippen LogP contribution in [0, 0.1) is 5.92 Å².